The average molecular weight is 329 g/mol. The molecule has 3 atom stereocenters. The molecule has 0 amide bonds. The van der Waals surface area contributed by atoms with Gasteiger partial charge in [-0.2, -0.15) is 0 Å². The van der Waals surface area contributed by atoms with E-state index in [9.17, 15) is 0 Å². The molecule has 0 aromatic carbocycles. The van der Waals surface area contributed by atoms with Crippen LogP contribution in [-0.4, -0.2) is 39.5 Å². The second-order valence-corrected chi connectivity index (χ2v) is 7.69. The van der Waals surface area contributed by atoms with Crippen LogP contribution >= 0.6 is 11.3 Å². The van der Waals surface area contributed by atoms with Crippen molar-refractivity contribution in [3.63, 3.8) is 0 Å². The van der Waals surface area contributed by atoms with E-state index in [0.29, 0.717) is 0 Å². The van der Waals surface area contributed by atoms with Gasteiger partial charge in [-0.3, -0.25) is 9.88 Å². The lowest BCUT2D eigenvalue weighted by Crippen LogP contribution is -2.32. The van der Waals surface area contributed by atoms with E-state index in [1.807, 2.05) is 12.4 Å². The lowest BCUT2D eigenvalue weighted by atomic mass is 9.74. The zero-order valence-corrected chi connectivity index (χ0v) is 14.1. The van der Waals surface area contributed by atoms with Gasteiger partial charge in [-0.25, -0.2) is 9.97 Å². The quantitative estimate of drug-likeness (QED) is 0.914. The van der Waals surface area contributed by atoms with Gasteiger partial charge in [0.05, 0.1) is 12.7 Å². The maximum atomic E-state index is 4.44. The second kappa shape index (κ2) is 6.93. The molecule has 2 aromatic heterocycles. The molecule has 2 fully saturated rings. The van der Waals surface area contributed by atoms with Crippen molar-refractivity contribution in [3.8, 4) is 0 Å². The normalized spacial score (nSPS) is 27.7. The highest BCUT2D eigenvalue weighted by Crippen LogP contribution is 2.40. The summed E-state index contributed by atoms with van der Waals surface area (Å²) in [6.45, 7) is 4.50. The van der Waals surface area contributed by atoms with Crippen LogP contribution in [0.25, 0.3) is 0 Å². The molecule has 1 N–H and O–H groups in total. The first-order valence-electron chi connectivity index (χ1n) is 8.49. The molecule has 3 heterocycles. The molecule has 1 aliphatic carbocycles. The zero-order chi connectivity index (χ0) is 15.5. The number of aromatic nitrogens is 3. The van der Waals surface area contributed by atoms with Gasteiger partial charge in [0.2, 0.25) is 0 Å². The van der Waals surface area contributed by atoms with Crippen LogP contribution in [0.5, 0.6) is 0 Å². The third kappa shape index (κ3) is 3.53. The van der Waals surface area contributed by atoms with Gasteiger partial charge in [0.1, 0.15) is 10.8 Å². The van der Waals surface area contributed by atoms with E-state index in [1.54, 1.807) is 23.7 Å². The number of nitrogens with zero attached hydrogens (tertiary/aromatic N) is 4. The zero-order valence-electron chi connectivity index (χ0n) is 13.3. The van der Waals surface area contributed by atoms with Gasteiger partial charge in [-0.15, -0.1) is 11.3 Å². The summed E-state index contributed by atoms with van der Waals surface area (Å²) in [7, 11) is 0. The Morgan fingerprint density at radius 1 is 1.17 bits per heavy atom. The first-order chi connectivity index (χ1) is 11.4. The average Bonchev–Trinajstić information content (AvgIpc) is 3.23. The van der Waals surface area contributed by atoms with Gasteiger partial charge < -0.3 is 5.32 Å². The minimum absolute atomic E-state index is 0.747. The molecule has 1 saturated carbocycles. The second-order valence-electron chi connectivity index (χ2n) is 6.71. The van der Waals surface area contributed by atoms with Crippen molar-refractivity contribution >= 4 is 17.2 Å². The van der Waals surface area contributed by atoms with E-state index in [1.165, 1.54) is 37.4 Å². The van der Waals surface area contributed by atoms with Gasteiger partial charge in [0, 0.05) is 43.6 Å². The van der Waals surface area contributed by atoms with E-state index in [2.05, 4.69) is 30.5 Å². The SMILES string of the molecule is c1cnc(NC[C@H]2CCC[C@H]3CN(Cc4nccs4)C[C@@H]23)cn1. The Labute approximate surface area is 141 Å². The Bertz CT molecular complexity index is 603. The Hall–Kier alpha value is -1.53. The van der Waals surface area contributed by atoms with Gasteiger partial charge in [0.25, 0.3) is 0 Å². The van der Waals surface area contributed by atoms with Crippen LogP contribution in [0.4, 0.5) is 5.82 Å². The molecule has 4 rings (SSSR count). The maximum Gasteiger partial charge on any atom is 0.144 e. The highest BCUT2D eigenvalue weighted by Gasteiger charge is 2.39. The summed E-state index contributed by atoms with van der Waals surface area (Å²) in [5.41, 5.74) is 0. The Kier molecular flexibility index (Phi) is 4.52. The summed E-state index contributed by atoms with van der Waals surface area (Å²) >= 11 is 1.77. The van der Waals surface area contributed by atoms with Crippen molar-refractivity contribution in [2.45, 2.75) is 25.8 Å². The number of thiazole rings is 1. The molecule has 5 nitrogen and oxygen atoms in total. The summed E-state index contributed by atoms with van der Waals surface area (Å²) in [6, 6.07) is 0. The molecular weight excluding hydrogens is 306 g/mol. The predicted octanol–water partition coefficient (Wildman–Crippen LogP) is 2.89. The third-order valence-corrected chi connectivity index (χ3v) is 6.04. The summed E-state index contributed by atoms with van der Waals surface area (Å²) in [6.07, 6.45) is 11.3. The standard InChI is InChI=1S/C17H23N5S/c1-2-13(8-21-16-9-18-4-5-19-16)15-11-22(10-14(15)3-1)12-17-20-6-7-23-17/h4-7,9,13-15H,1-3,8,10-12H2,(H,19,21)/t13-,14+,15+/m1/s1. The highest BCUT2D eigenvalue weighted by molar-refractivity contribution is 7.09. The first-order valence-corrected chi connectivity index (χ1v) is 9.37. The van der Waals surface area contributed by atoms with Crippen molar-refractivity contribution in [3.05, 3.63) is 35.2 Å². The van der Waals surface area contributed by atoms with Crippen LogP contribution in [0, 0.1) is 17.8 Å². The fraction of sp³-hybridized carbons (Fsp3) is 0.588. The fourth-order valence-electron chi connectivity index (χ4n) is 4.22. The predicted molar refractivity (Wildman–Crippen MR) is 92.2 cm³/mol. The van der Waals surface area contributed by atoms with Gasteiger partial charge >= 0.3 is 0 Å². The fourth-order valence-corrected chi connectivity index (χ4v) is 4.87. The van der Waals surface area contributed by atoms with Crippen molar-refractivity contribution < 1.29 is 0 Å². The molecule has 1 aliphatic heterocycles. The summed E-state index contributed by atoms with van der Waals surface area (Å²) in [5, 5.41) is 6.81. The lowest BCUT2D eigenvalue weighted by molar-refractivity contribution is 0.207. The van der Waals surface area contributed by atoms with Crippen molar-refractivity contribution in [1.29, 1.82) is 0 Å². The Morgan fingerprint density at radius 2 is 2.17 bits per heavy atom. The highest BCUT2D eigenvalue weighted by atomic mass is 32.1. The molecule has 2 aliphatic rings. The van der Waals surface area contributed by atoms with Crippen LogP contribution in [0.3, 0.4) is 0 Å². The van der Waals surface area contributed by atoms with Crippen LogP contribution in [0.1, 0.15) is 24.3 Å². The minimum atomic E-state index is 0.747. The topological polar surface area (TPSA) is 53.9 Å². The smallest absolute Gasteiger partial charge is 0.144 e. The number of nitrogens with one attached hydrogen (secondary N) is 1. The molecule has 0 unspecified atom stereocenters. The number of likely N-dealkylation sites (tertiary alicyclic amines) is 1. The van der Waals surface area contributed by atoms with Gasteiger partial charge in [0.15, 0.2) is 0 Å². The lowest BCUT2D eigenvalue weighted by Gasteiger charge is -2.33. The molecule has 1 saturated heterocycles. The monoisotopic (exact) mass is 329 g/mol. The number of rotatable bonds is 5. The molecule has 122 valence electrons. The van der Waals surface area contributed by atoms with E-state index >= 15 is 0 Å². The number of anilines is 1. The first kappa shape index (κ1) is 15.0. The van der Waals surface area contributed by atoms with E-state index < -0.39 is 0 Å². The number of hydrogen-bond acceptors (Lipinski definition) is 6. The maximum absolute atomic E-state index is 4.44. The van der Waals surface area contributed by atoms with Gasteiger partial charge in [-0.05, 0) is 30.6 Å². The molecular formula is C17H23N5S. The van der Waals surface area contributed by atoms with Crippen molar-refractivity contribution in [1.82, 2.24) is 19.9 Å². The molecule has 23 heavy (non-hydrogen) atoms. The summed E-state index contributed by atoms with van der Waals surface area (Å²) in [5.74, 6) is 3.31. The number of hydrogen-bond donors (Lipinski definition) is 1. The molecule has 0 bridgehead atoms. The van der Waals surface area contributed by atoms with Crippen LogP contribution in [0.2, 0.25) is 0 Å². The van der Waals surface area contributed by atoms with E-state index in [0.717, 1.165) is 36.7 Å². The third-order valence-electron chi connectivity index (χ3n) is 5.27. The number of fused-ring (bicyclic) bond motifs is 1. The van der Waals surface area contributed by atoms with E-state index in [4.69, 9.17) is 0 Å². The van der Waals surface area contributed by atoms with Crippen LogP contribution in [-0.2, 0) is 6.54 Å². The Morgan fingerprint density at radius 3 is 3.00 bits per heavy atom. The molecule has 2 aromatic rings. The molecule has 6 heteroatoms. The Balaban J connectivity index is 1.35. The molecule has 0 radical (unpaired) electrons. The largest absolute Gasteiger partial charge is 0.369 e. The summed E-state index contributed by atoms with van der Waals surface area (Å²) in [4.78, 5) is 15.5. The van der Waals surface area contributed by atoms with Crippen LogP contribution in [0.15, 0.2) is 30.2 Å². The molecule has 0 spiro atoms. The van der Waals surface area contributed by atoms with Crippen LogP contribution < -0.4 is 5.32 Å². The minimum Gasteiger partial charge on any atom is -0.369 e. The van der Waals surface area contributed by atoms with Crippen molar-refractivity contribution in [2.75, 3.05) is 25.0 Å². The summed E-state index contributed by atoms with van der Waals surface area (Å²) < 4.78 is 0. The van der Waals surface area contributed by atoms with E-state index in [-0.39, 0.29) is 0 Å². The van der Waals surface area contributed by atoms with Gasteiger partial charge in [-0.1, -0.05) is 6.42 Å². The van der Waals surface area contributed by atoms with Crippen molar-refractivity contribution in [2.24, 2.45) is 17.8 Å².